The first kappa shape index (κ1) is 21.6. The Kier molecular flexibility index (Phi) is 8.71. The molecule has 144 valence electrons. The van der Waals surface area contributed by atoms with Crippen LogP contribution in [-0.2, 0) is 11.3 Å². The molecule has 7 nitrogen and oxygen atoms in total. The van der Waals surface area contributed by atoms with E-state index in [9.17, 15) is 14.0 Å². The summed E-state index contributed by atoms with van der Waals surface area (Å²) in [6.45, 7) is 8.46. The van der Waals surface area contributed by atoms with Gasteiger partial charge in [-0.2, -0.15) is 4.98 Å². The van der Waals surface area contributed by atoms with Crippen molar-refractivity contribution in [3.8, 4) is 0 Å². The van der Waals surface area contributed by atoms with Gasteiger partial charge in [0, 0.05) is 19.7 Å². The van der Waals surface area contributed by atoms with Crippen molar-refractivity contribution in [3.05, 3.63) is 56.6 Å². The lowest BCUT2D eigenvalue weighted by Crippen LogP contribution is -2.44. The molecule has 2 rings (SSSR count). The number of benzene rings is 1. The minimum atomic E-state index is -0.606. The first-order valence-corrected chi connectivity index (χ1v) is 8.64. The monoisotopic (exact) mass is 366 g/mol. The van der Waals surface area contributed by atoms with Crippen LogP contribution >= 0.6 is 0 Å². The van der Waals surface area contributed by atoms with Crippen LogP contribution in [0.15, 0.2) is 33.9 Å². The Morgan fingerprint density at radius 3 is 2.35 bits per heavy atom. The Morgan fingerprint density at radius 1 is 1.19 bits per heavy atom. The maximum absolute atomic E-state index is 13.1. The number of ether oxygens (including phenoxy) is 1. The largest absolute Gasteiger partial charge is 0.383 e. The highest BCUT2D eigenvalue weighted by Crippen LogP contribution is 2.07. The molecule has 8 heteroatoms. The minimum absolute atomic E-state index is 0.170. The number of methoxy groups -OCH3 is 1. The SMILES string of the molecule is CC.COCCNc1nc(=O)n(C(C)C)c(=O)n1Cc1ccc(F)cc1. The molecular weight excluding hydrogens is 339 g/mol. The van der Waals surface area contributed by atoms with Crippen LogP contribution < -0.4 is 16.7 Å². The predicted molar refractivity (Wildman–Crippen MR) is 100 cm³/mol. The third kappa shape index (κ3) is 5.52. The van der Waals surface area contributed by atoms with E-state index < -0.39 is 11.4 Å². The lowest BCUT2D eigenvalue weighted by Gasteiger charge is -2.17. The second-order valence-corrected chi connectivity index (χ2v) is 5.60. The summed E-state index contributed by atoms with van der Waals surface area (Å²) >= 11 is 0. The third-order valence-corrected chi connectivity index (χ3v) is 3.46. The molecule has 0 saturated carbocycles. The second kappa shape index (κ2) is 10.5. The van der Waals surface area contributed by atoms with Gasteiger partial charge in [-0.3, -0.25) is 4.57 Å². The van der Waals surface area contributed by atoms with E-state index in [1.165, 1.54) is 16.7 Å². The zero-order valence-corrected chi connectivity index (χ0v) is 16.0. The van der Waals surface area contributed by atoms with Gasteiger partial charge in [-0.1, -0.05) is 26.0 Å². The fourth-order valence-electron chi connectivity index (χ4n) is 2.26. The summed E-state index contributed by atoms with van der Waals surface area (Å²) in [5, 5.41) is 2.93. The molecule has 0 atom stereocenters. The van der Waals surface area contributed by atoms with Gasteiger partial charge in [0.15, 0.2) is 0 Å². The first-order chi connectivity index (χ1) is 12.4. The smallest absolute Gasteiger partial charge is 0.355 e. The Labute approximate surface area is 152 Å². The number of rotatable bonds is 7. The van der Waals surface area contributed by atoms with E-state index in [-0.39, 0.29) is 24.4 Å². The molecule has 1 aromatic carbocycles. The van der Waals surface area contributed by atoms with Crippen molar-refractivity contribution in [2.45, 2.75) is 40.3 Å². The molecule has 0 unspecified atom stereocenters. The molecule has 0 amide bonds. The zero-order valence-electron chi connectivity index (χ0n) is 16.0. The van der Waals surface area contributed by atoms with Crippen LogP contribution in [0.1, 0.15) is 39.3 Å². The Morgan fingerprint density at radius 2 is 1.81 bits per heavy atom. The normalized spacial score (nSPS) is 10.4. The second-order valence-electron chi connectivity index (χ2n) is 5.60. The third-order valence-electron chi connectivity index (χ3n) is 3.46. The van der Waals surface area contributed by atoms with Crippen molar-refractivity contribution in [3.63, 3.8) is 0 Å². The molecule has 0 spiro atoms. The van der Waals surface area contributed by atoms with Crippen LogP contribution in [0.4, 0.5) is 10.3 Å². The van der Waals surface area contributed by atoms with Gasteiger partial charge in [-0.05, 0) is 31.5 Å². The lowest BCUT2D eigenvalue weighted by atomic mass is 10.2. The van der Waals surface area contributed by atoms with Crippen molar-refractivity contribution in [1.29, 1.82) is 0 Å². The maximum Gasteiger partial charge on any atom is 0.355 e. The molecule has 0 aliphatic rings. The maximum atomic E-state index is 13.1. The topological polar surface area (TPSA) is 78.2 Å². The van der Waals surface area contributed by atoms with Crippen LogP contribution in [0.25, 0.3) is 0 Å². The summed E-state index contributed by atoms with van der Waals surface area (Å²) in [5.41, 5.74) is -0.344. The molecular formula is C18H27FN4O3. The van der Waals surface area contributed by atoms with Crippen molar-refractivity contribution in [2.75, 3.05) is 25.6 Å². The summed E-state index contributed by atoms with van der Waals surface area (Å²) in [7, 11) is 1.55. The molecule has 2 aromatic rings. The summed E-state index contributed by atoms with van der Waals surface area (Å²) in [6, 6.07) is 5.51. The zero-order chi connectivity index (χ0) is 19.7. The molecule has 26 heavy (non-hydrogen) atoms. The first-order valence-electron chi connectivity index (χ1n) is 8.64. The van der Waals surface area contributed by atoms with Crippen LogP contribution in [0.5, 0.6) is 0 Å². The fraction of sp³-hybridized carbons (Fsp3) is 0.500. The van der Waals surface area contributed by atoms with Crippen molar-refractivity contribution in [1.82, 2.24) is 14.1 Å². The van der Waals surface area contributed by atoms with Gasteiger partial charge < -0.3 is 10.1 Å². The highest BCUT2D eigenvalue weighted by molar-refractivity contribution is 5.26. The van der Waals surface area contributed by atoms with E-state index >= 15 is 0 Å². The molecule has 1 aromatic heterocycles. The number of aromatic nitrogens is 3. The molecule has 1 heterocycles. The Bertz CT molecular complexity index is 798. The number of nitrogens with one attached hydrogen (secondary N) is 1. The summed E-state index contributed by atoms with van der Waals surface area (Å²) in [5.74, 6) is -0.182. The number of hydrogen-bond donors (Lipinski definition) is 1. The lowest BCUT2D eigenvalue weighted by molar-refractivity contribution is 0.210. The fourth-order valence-corrected chi connectivity index (χ4v) is 2.26. The molecule has 0 aliphatic heterocycles. The van der Waals surface area contributed by atoms with Crippen LogP contribution in [0.2, 0.25) is 0 Å². The van der Waals surface area contributed by atoms with Crippen molar-refractivity contribution < 1.29 is 9.13 Å². The molecule has 0 saturated heterocycles. The van der Waals surface area contributed by atoms with Crippen molar-refractivity contribution in [2.24, 2.45) is 0 Å². The number of anilines is 1. The van der Waals surface area contributed by atoms with Gasteiger partial charge in [0.1, 0.15) is 5.82 Å². The highest BCUT2D eigenvalue weighted by Gasteiger charge is 2.15. The van der Waals surface area contributed by atoms with Crippen LogP contribution in [0, 0.1) is 5.82 Å². The number of nitrogens with zero attached hydrogens (tertiary/aromatic N) is 3. The summed E-state index contributed by atoms with van der Waals surface area (Å²) in [4.78, 5) is 28.8. The van der Waals surface area contributed by atoms with Gasteiger partial charge in [0.2, 0.25) is 5.95 Å². The average Bonchev–Trinajstić information content (AvgIpc) is 2.61. The van der Waals surface area contributed by atoms with Gasteiger partial charge in [0.25, 0.3) is 0 Å². The summed E-state index contributed by atoms with van der Waals surface area (Å²) < 4.78 is 20.5. The van der Waals surface area contributed by atoms with E-state index in [1.807, 2.05) is 13.8 Å². The molecule has 0 radical (unpaired) electrons. The summed E-state index contributed by atoms with van der Waals surface area (Å²) in [6.07, 6.45) is 0. The number of hydrogen-bond acceptors (Lipinski definition) is 5. The van der Waals surface area contributed by atoms with E-state index in [0.29, 0.717) is 13.2 Å². The highest BCUT2D eigenvalue weighted by atomic mass is 19.1. The Balaban J connectivity index is 0.00000163. The van der Waals surface area contributed by atoms with E-state index in [2.05, 4.69) is 10.3 Å². The van der Waals surface area contributed by atoms with Gasteiger partial charge >= 0.3 is 11.4 Å². The standard InChI is InChI=1S/C16H21FN4O3.C2H6/c1-11(2)21-15(22)19-14(18-8-9-24-3)20(16(21)23)10-12-4-6-13(17)7-5-12;1-2/h4-7,11H,8-10H2,1-3H3,(H,18,19,22);1-2H3. The van der Waals surface area contributed by atoms with Crippen LogP contribution in [0.3, 0.4) is 0 Å². The average molecular weight is 366 g/mol. The van der Waals surface area contributed by atoms with Gasteiger partial charge in [0.05, 0.1) is 13.2 Å². The molecule has 0 aliphatic carbocycles. The van der Waals surface area contributed by atoms with E-state index in [0.717, 1.165) is 10.1 Å². The van der Waals surface area contributed by atoms with Crippen molar-refractivity contribution >= 4 is 5.95 Å². The predicted octanol–water partition coefficient (Wildman–Crippen LogP) is 2.26. The molecule has 0 bridgehead atoms. The van der Waals surface area contributed by atoms with E-state index in [1.54, 1.807) is 33.1 Å². The number of halogens is 1. The molecule has 0 fully saturated rings. The van der Waals surface area contributed by atoms with E-state index in [4.69, 9.17) is 4.74 Å². The Hall–Kier alpha value is -2.48. The van der Waals surface area contributed by atoms with Crippen LogP contribution in [-0.4, -0.2) is 34.4 Å². The van der Waals surface area contributed by atoms with Gasteiger partial charge in [-0.15, -0.1) is 0 Å². The quantitative estimate of drug-likeness (QED) is 0.761. The molecule has 1 N–H and O–H groups in total. The van der Waals surface area contributed by atoms with Gasteiger partial charge in [-0.25, -0.2) is 18.5 Å². The minimum Gasteiger partial charge on any atom is -0.383 e.